The van der Waals surface area contributed by atoms with E-state index in [4.69, 9.17) is 0 Å². The van der Waals surface area contributed by atoms with Gasteiger partial charge >= 0.3 is 6.03 Å². The van der Waals surface area contributed by atoms with Gasteiger partial charge in [0.15, 0.2) is 0 Å². The van der Waals surface area contributed by atoms with Crippen LogP contribution in [0.1, 0.15) is 16.8 Å². The van der Waals surface area contributed by atoms with Gasteiger partial charge in [0.2, 0.25) is 0 Å². The smallest absolute Gasteiger partial charge is 0.339 e. The lowest BCUT2D eigenvalue weighted by atomic mass is 10.1. The molecule has 1 heterocycles. The highest BCUT2D eigenvalue weighted by Crippen LogP contribution is 2.17. The first-order chi connectivity index (χ1) is 13.4. The Balaban J connectivity index is 1.65. The molecule has 0 saturated heterocycles. The molecule has 0 bridgehead atoms. The van der Waals surface area contributed by atoms with Gasteiger partial charge in [0.05, 0.1) is 11.9 Å². The van der Waals surface area contributed by atoms with Crippen molar-refractivity contribution >= 4 is 23.6 Å². The van der Waals surface area contributed by atoms with Crippen LogP contribution in [0.25, 0.3) is 5.69 Å². The predicted molar refractivity (Wildman–Crippen MR) is 116 cm³/mol. The van der Waals surface area contributed by atoms with E-state index >= 15 is 0 Å². The first-order valence-corrected chi connectivity index (χ1v) is 9.06. The molecule has 2 N–H and O–H groups in total. The Morgan fingerprint density at radius 2 is 1.71 bits per heavy atom. The van der Waals surface area contributed by atoms with Crippen molar-refractivity contribution in [2.24, 2.45) is 5.10 Å². The molecule has 2 aromatic carbocycles. The predicted octanol–water partition coefficient (Wildman–Crippen LogP) is 4.32. The zero-order valence-corrected chi connectivity index (χ0v) is 16.6. The molecule has 0 aliphatic heterocycles. The molecule has 0 unspecified atom stereocenters. The molecule has 0 aliphatic carbocycles. The van der Waals surface area contributed by atoms with Gasteiger partial charge in [0, 0.05) is 37.4 Å². The van der Waals surface area contributed by atoms with Crippen molar-refractivity contribution < 1.29 is 4.79 Å². The number of hydrogen-bond donors (Lipinski definition) is 2. The minimum absolute atomic E-state index is 0.380. The normalized spacial score (nSPS) is 10.9. The summed E-state index contributed by atoms with van der Waals surface area (Å²) < 4.78 is 2.01. The van der Waals surface area contributed by atoms with Gasteiger partial charge in [0.25, 0.3) is 0 Å². The topological polar surface area (TPSA) is 61.7 Å². The van der Waals surface area contributed by atoms with Crippen molar-refractivity contribution in [1.29, 1.82) is 0 Å². The molecular formula is C22H25N5O. The number of rotatable bonds is 5. The highest BCUT2D eigenvalue weighted by atomic mass is 16.2. The maximum atomic E-state index is 12.1. The first-order valence-electron chi connectivity index (χ1n) is 9.06. The van der Waals surface area contributed by atoms with Gasteiger partial charge < -0.3 is 14.8 Å². The van der Waals surface area contributed by atoms with E-state index in [0.717, 1.165) is 33.9 Å². The number of nitrogens with zero attached hydrogens (tertiary/aromatic N) is 3. The van der Waals surface area contributed by atoms with E-state index in [0.29, 0.717) is 0 Å². The molecule has 2 amide bonds. The van der Waals surface area contributed by atoms with E-state index in [1.807, 2.05) is 75.1 Å². The summed E-state index contributed by atoms with van der Waals surface area (Å²) in [5.41, 5.74) is 8.47. The van der Waals surface area contributed by atoms with Crippen molar-refractivity contribution in [3.05, 3.63) is 77.6 Å². The largest absolute Gasteiger partial charge is 0.378 e. The van der Waals surface area contributed by atoms with Crippen molar-refractivity contribution in [2.75, 3.05) is 24.3 Å². The molecule has 6 heteroatoms. The second kappa shape index (κ2) is 8.43. The van der Waals surface area contributed by atoms with Crippen LogP contribution in [0.3, 0.4) is 0 Å². The standard InChI is InChI=1S/C22H25N5O/c1-16-12-17(2)14-18(13-16)24-22(28)25-23-15-21-6-5-11-27(21)20-9-7-19(8-10-20)26(3)4/h5-15H,1-4H3,(H2,24,25,28)/b23-15+. The molecule has 0 saturated carbocycles. The molecule has 0 aliphatic rings. The summed E-state index contributed by atoms with van der Waals surface area (Å²) in [5.74, 6) is 0. The van der Waals surface area contributed by atoms with Gasteiger partial charge in [-0.15, -0.1) is 0 Å². The Morgan fingerprint density at radius 3 is 2.36 bits per heavy atom. The van der Waals surface area contributed by atoms with Gasteiger partial charge in [-0.1, -0.05) is 6.07 Å². The second-order valence-electron chi connectivity index (χ2n) is 6.91. The van der Waals surface area contributed by atoms with Gasteiger partial charge in [0.1, 0.15) is 0 Å². The number of hydrogen-bond acceptors (Lipinski definition) is 3. The van der Waals surface area contributed by atoms with E-state index < -0.39 is 0 Å². The van der Waals surface area contributed by atoms with Crippen LogP contribution in [-0.4, -0.2) is 30.9 Å². The lowest BCUT2D eigenvalue weighted by Crippen LogP contribution is -2.24. The second-order valence-corrected chi connectivity index (χ2v) is 6.91. The highest BCUT2D eigenvalue weighted by molar-refractivity contribution is 5.90. The van der Waals surface area contributed by atoms with E-state index in [-0.39, 0.29) is 6.03 Å². The van der Waals surface area contributed by atoms with E-state index in [2.05, 4.69) is 38.9 Å². The molecule has 3 rings (SSSR count). The Labute approximate surface area is 165 Å². The van der Waals surface area contributed by atoms with Crippen LogP contribution < -0.4 is 15.6 Å². The fourth-order valence-electron chi connectivity index (χ4n) is 3.01. The molecule has 6 nitrogen and oxygen atoms in total. The quantitative estimate of drug-likeness (QED) is 0.515. The summed E-state index contributed by atoms with van der Waals surface area (Å²) in [5, 5.41) is 6.86. The summed E-state index contributed by atoms with van der Waals surface area (Å²) in [6.07, 6.45) is 3.59. The third-order valence-electron chi connectivity index (χ3n) is 4.27. The van der Waals surface area contributed by atoms with Crippen LogP contribution in [0, 0.1) is 13.8 Å². The summed E-state index contributed by atoms with van der Waals surface area (Å²) in [6, 6.07) is 17.6. The summed E-state index contributed by atoms with van der Waals surface area (Å²) in [4.78, 5) is 14.1. The number of carbonyl (C=O) groups excluding carboxylic acids is 1. The third-order valence-corrected chi connectivity index (χ3v) is 4.27. The molecule has 0 spiro atoms. The number of anilines is 2. The van der Waals surface area contributed by atoms with Crippen LogP contribution in [0.4, 0.5) is 16.2 Å². The molecule has 28 heavy (non-hydrogen) atoms. The average Bonchev–Trinajstić information content (AvgIpc) is 3.09. The Kier molecular flexibility index (Phi) is 5.79. The number of urea groups is 1. The van der Waals surface area contributed by atoms with Crippen LogP contribution in [0.15, 0.2) is 65.9 Å². The highest BCUT2D eigenvalue weighted by Gasteiger charge is 2.04. The van der Waals surface area contributed by atoms with E-state index in [1.54, 1.807) is 6.21 Å². The number of carbonyl (C=O) groups is 1. The number of nitrogens with one attached hydrogen (secondary N) is 2. The number of amides is 2. The molecule has 0 radical (unpaired) electrons. The van der Waals surface area contributed by atoms with Crippen LogP contribution in [0.5, 0.6) is 0 Å². The zero-order valence-electron chi connectivity index (χ0n) is 16.6. The molecule has 144 valence electrons. The third kappa shape index (κ3) is 4.79. The number of aromatic nitrogens is 1. The SMILES string of the molecule is Cc1cc(C)cc(NC(=O)N/N=C/c2cccn2-c2ccc(N(C)C)cc2)c1. The Hall–Kier alpha value is -3.54. The Morgan fingerprint density at radius 1 is 1.04 bits per heavy atom. The minimum Gasteiger partial charge on any atom is -0.378 e. The molecule has 0 fully saturated rings. The van der Waals surface area contributed by atoms with Crippen molar-refractivity contribution in [3.63, 3.8) is 0 Å². The van der Waals surface area contributed by atoms with E-state index in [1.165, 1.54) is 0 Å². The monoisotopic (exact) mass is 375 g/mol. The molecule has 0 atom stereocenters. The minimum atomic E-state index is -0.380. The van der Waals surface area contributed by atoms with Crippen LogP contribution >= 0.6 is 0 Å². The van der Waals surface area contributed by atoms with Gasteiger partial charge in [-0.2, -0.15) is 5.10 Å². The van der Waals surface area contributed by atoms with Crippen molar-refractivity contribution in [2.45, 2.75) is 13.8 Å². The lowest BCUT2D eigenvalue weighted by molar-refractivity contribution is 0.252. The molecular weight excluding hydrogens is 350 g/mol. The average molecular weight is 375 g/mol. The summed E-state index contributed by atoms with van der Waals surface area (Å²) >= 11 is 0. The number of benzene rings is 2. The van der Waals surface area contributed by atoms with Gasteiger partial charge in [-0.05, 0) is 73.5 Å². The maximum absolute atomic E-state index is 12.1. The summed E-state index contributed by atoms with van der Waals surface area (Å²) in [7, 11) is 4.02. The van der Waals surface area contributed by atoms with E-state index in [9.17, 15) is 4.79 Å². The summed E-state index contributed by atoms with van der Waals surface area (Å²) in [6.45, 7) is 3.99. The molecule has 3 aromatic rings. The fourth-order valence-corrected chi connectivity index (χ4v) is 3.01. The Bertz CT molecular complexity index is 966. The van der Waals surface area contributed by atoms with Crippen LogP contribution in [-0.2, 0) is 0 Å². The molecule has 1 aromatic heterocycles. The number of aryl methyl sites for hydroxylation is 2. The fraction of sp³-hybridized carbons (Fsp3) is 0.182. The number of hydrazone groups is 1. The maximum Gasteiger partial charge on any atom is 0.339 e. The van der Waals surface area contributed by atoms with Gasteiger partial charge in [-0.3, -0.25) is 0 Å². The van der Waals surface area contributed by atoms with Crippen LogP contribution in [0.2, 0.25) is 0 Å². The van der Waals surface area contributed by atoms with Crippen molar-refractivity contribution in [3.8, 4) is 5.69 Å². The first kappa shape index (κ1) is 19.2. The lowest BCUT2D eigenvalue weighted by Gasteiger charge is -2.13. The zero-order chi connectivity index (χ0) is 20.1. The van der Waals surface area contributed by atoms with Crippen molar-refractivity contribution in [1.82, 2.24) is 9.99 Å². The van der Waals surface area contributed by atoms with Gasteiger partial charge in [-0.25, -0.2) is 10.2 Å².